The van der Waals surface area contributed by atoms with E-state index in [2.05, 4.69) is 19.6 Å². The molecule has 0 amide bonds. The number of rotatable bonds is 7. The molecule has 0 saturated heterocycles. The van der Waals surface area contributed by atoms with Crippen LogP contribution in [0.5, 0.6) is 0 Å². The van der Waals surface area contributed by atoms with Gasteiger partial charge in [0, 0.05) is 6.54 Å². The van der Waals surface area contributed by atoms with Crippen molar-refractivity contribution in [3.63, 3.8) is 0 Å². The van der Waals surface area contributed by atoms with Gasteiger partial charge < -0.3 is 5.11 Å². The Morgan fingerprint density at radius 3 is 2.82 bits per heavy atom. The Labute approximate surface area is 106 Å². The molecule has 0 aromatic carbocycles. The number of nitrogens with one attached hydrogen (secondary N) is 2. The molecule has 0 bridgehead atoms. The number of aromatic nitrogens is 2. The molecule has 11 heteroatoms. The number of hydrogen-bond acceptors (Lipinski definition) is 7. The van der Waals surface area contributed by atoms with Crippen molar-refractivity contribution in [2.24, 2.45) is 0 Å². The second-order valence-electron chi connectivity index (χ2n) is 2.66. The van der Waals surface area contributed by atoms with Gasteiger partial charge in [0.1, 0.15) is 0 Å². The van der Waals surface area contributed by atoms with Crippen LogP contribution < -0.4 is 9.44 Å². The van der Waals surface area contributed by atoms with Crippen LogP contribution >= 0.6 is 23.1 Å². The monoisotopic (exact) mass is 298 g/mol. The molecule has 0 aliphatic heterocycles. The van der Waals surface area contributed by atoms with E-state index in [1.54, 1.807) is 6.92 Å². The first-order chi connectivity index (χ1) is 7.93. The lowest BCUT2D eigenvalue weighted by molar-refractivity contribution is -0.133. The van der Waals surface area contributed by atoms with Gasteiger partial charge in [0.15, 0.2) is 4.34 Å². The van der Waals surface area contributed by atoms with Crippen LogP contribution in [-0.2, 0) is 15.0 Å². The minimum Gasteiger partial charge on any atom is -0.481 e. The maximum atomic E-state index is 11.3. The lowest BCUT2D eigenvalue weighted by atomic mass is 10.8. The number of anilines is 1. The van der Waals surface area contributed by atoms with Crippen LogP contribution in [0.1, 0.15) is 6.92 Å². The topological polar surface area (TPSA) is 121 Å². The highest BCUT2D eigenvalue weighted by Crippen LogP contribution is 2.25. The molecule has 17 heavy (non-hydrogen) atoms. The first-order valence-corrected chi connectivity index (χ1v) is 7.67. The number of aliphatic carboxylic acids is 1. The average molecular weight is 298 g/mol. The molecule has 0 unspecified atom stereocenters. The minimum absolute atomic E-state index is 0.0961. The van der Waals surface area contributed by atoms with E-state index in [0.717, 1.165) is 23.1 Å². The van der Waals surface area contributed by atoms with Gasteiger partial charge in [-0.3, -0.25) is 4.79 Å². The predicted molar refractivity (Wildman–Crippen MR) is 64.5 cm³/mol. The Bertz CT molecular complexity index is 485. The van der Waals surface area contributed by atoms with E-state index in [9.17, 15) is 13.2 Å². The third kappa shape index (κ3) is 5.30. The van der Waals surface area contributed by atoms with E-state index < -0.39 is 16.2 Å². The normalized spacial score (nSPS) is 11.4. The summed E-state index contributed by atoms with van der Waals surface area (Å²) in [5, 5.41) is 15.8. The van der Waals surface area contributed by atoms with Crippen LogP contribution in [0.4, 0.5) is 5.13 Å². The van der Waals surface area contributed by atoms with E-state index in [4.69, 9.17) is 5.11 Å². The summed E-state index contributed by atoms with van der Waals surface area (Å²) in [5.74, 6) is -1.12. The average Bonchev–Trinajstić information content (AvgIpc) is 2.61. The second kappa shape index (κ2) is 6.14. The maximum Gasteiger partial charge on any atom is 0.313 e. The van der Waals surface area contributed by atoms with Gasteiger partial charge in [-0.2, -0.15) is 13.1 Å². The van der Waals surface area contributed by atoms with E-state index in [1.807, 2.05) is 0 Å². The molecule has 3 N–H and O–H groups in total. The Kier molecular flexibility index (Phi) is 5.11. The number of carboxylic acids is 1. The van der Waals surface area contributed by atoms with Crippen LogP contribution in [0.15, 0.2) is 4.34 Å². The van der Waals surface area contributed by atoms with Crippen molar-refractivity contribution in [2.45, 2.75) is 11.3 Å². The van der Waals surface area contributed by atoms with Gasteiger partial charge in [0.25, 0.3) is 0 Å². The molecular formula is C6H10N4O4S3. The molecule has 1 aromatic rings. The molecule has 8 nitrogen and oxygen atoms in total. The molecule has 1 rings (SSSR count). The van der Waals surface area contributed by atoms with Crippen molar-refractivity contribution < 1.29 is 18.3 Å². The second-order valence-corrected chi connectivity index (χ2v) is 6.36. The molecular weight excluding hydrogens is 288 g/mol. The van der Waals surface area contributed by atoms with Crippen LogP contribution in [0.3, 0.4) is 0 Å². The lowest BCUT2D eigenvalue weighted by Gasteiger charge is -2.02. The fourth-order valence-electron chi connectivity index (χ4n) is 0.774. The Morgan fingerprint density at radius 1 is 1.53 bits per heavy atom. The van der Waals surface area contributed by atoms with Gasteiger partial charge in [0.05, 0.1) is 5.75 Å². The lowest BCUT2D eigenvalue weighted by Crippen LogP contribution is -2.29. The Morgan fingerprint density at radius 2 is 2.24 bits per heavy atom. The van der Waals surface area contributed by atoms with Gasteiger partial charge in [-0.15, -0.1) is 10.2 Å². The smallest absolute Gasteiger partial charge is 0.313 e. The van der Waals surface area contributed by atoms with Crippen LogP contribution in [0.25, 0.3) is 0 Å². The SMILES string of the molecule is CCNS(=O)(=O)Nc1nnc(SCC(=O)O)s1. The fraction of sp³-hybridized carbons (Fsp3) is 0.500. The summed E-state index contributed by atoms with van der Waals surface area (Å²) < 4.78 is 27.4. The third-order valence-corrected chi connectivity index (χ3v) is 4.50. The maximum absolute atomic E-state index is 11.3. The van der Waals surface area contributed by atoms with E-state index in [-0.39, 0.29) is 17.4 Å². The molecule has 0 radical (unpaired) electrons. The zero-order chi connectivity index (χ0) is 12.9. The molecule has 0 aliphatic carbocycles. The Balaban J connectivity index is 2.59. The largest absolute Gasteiger partial charge is 0.481 e. The van der Waals surface area contributed by atoms with Gasteiger partial charge in [0.2, 0.25) is 5.13 Å². The summed E-state index contributed by atoms with van der Waals surface area (Å²) >= 11 is 1.95. The van der Waals surface area contributed by atoms with E-state index in [0.29, 0.717) is 4.34 Å². The molecule has 0 aliphatic rings. The minimum atomic E-state index is -3.62. The Hall–Kier alpha value is -0.910. The quantitative estimate of drug-likeness (QED) is 0.605. The highest BCUT2D eigenvalue weighted by molar-refractivity contribution is 8.01. The highest BCUT2D eigenvalue weighted by atomic mass is 32.2. The van der Waals surface area contributed by atoms with Crippen LogP contribution in [0, 0.1) is 0 Å². The van der Waals surface area contributed by atoms with Gasteiger partial charge >= 0.3 is 16.2 Å². The molecule has 0 fully saturated rings. The summed E-state index contributed by atoms with van der Waals surface area (Å²) in [5.41, 5.74) is 0. The standard InChI is InChI=1S/C6H10N4O4S3/c1-2-7-17(13,14)10-5-8-9-6(16-5)15-3-4(11)12/h7H,2-3H2,1H3,(H,8,10)(H,11,12). The van der Waals surface area contributed by atoms with Gasteiger partial charge in [-0.1, -0.05) is 30.0 Å². The number of thioether (sulfide) groups is 1. The number of hydrogen-bond donors (Lipinski definition) is 3. The molecule has 1 aromatic heterocycles. The van der Waals surface area contributed by atoms with E-state index >= 15 is 0 Å². The van der Waals surface area contributed by atoms with Crippen LogP contribution in [0.2, 0.25) is 0 Å². The summed E-state index contributed by atoms with van der Waals surface area (Å²) in [7, 11) is -3.62. The summed E-state index contributed by atoms with van der Waals surface area (Å²) in [6, 6.07) is 0. The number of carboxylic acid groups (broad SMARTS) is 1. The van der Waals surface area contributed by atoms with Gasteiger partial charge in [-0.05, 0) is 0 Å². The highest BCUT2D eigenvalue weighted by Gasteiger charge is 2.13. The molecule has 0 atom stereocenters. The summed E-state index contributed by atoms with van der Waals surface area (Å²) in [6.07, 6.45) is 0. The third-order valence-electron chi connectivity index (χ3n) is 1.28. The van der Waals surface area contributed by atoms with Crippen molar-refractivity contribution in [2.75, 3.05) is 17.0 Å². The summed E-state index contributed by atoms with van der Waals surface area (Å²) in [4.78, 5) is 10.3. The van der Waals surface area contributed by atoms with E-state index in [1.165, 1.54) is 0 Å². The molecule has 1 heterocycles. The summed E-state index contributed by atoms with van der Waals surface area (Å²) in [6.45, 7) is 1.90. The van der Waals surface area contributed by atoms with Crippen molar-refractivity contribution in [1.82, 2.24) is 14.9 Å². The van der Waals surface area contributed by atoms with Crippen LogP contribution in [-0.4, -0.2) is 42.0 Å². The van der Waals surface area contributed by atoms with Crippen molar-refractivity contribution in [3.8, 4) is 0 Å². The number of carbonyl (C=O) groups is 1. The number of nitrogens with zero attached hydrogens (tertiary/aromatic N) is 2. The molecule has 0 spiro atoms. The first kappa shape index (κ1) is 14.2. The van der Waals surface area contributed by atoms with Gasteiger partial charge in [-0.25, -0.2) is 4.72 Å². The molecule has 0 saturated carbocycles. The zero-order valence-corrected chi connectivity index (χ0v) is 11.2. The van der Waals surface area contributed by atoms with Crippen molar-refractivity contribution in [1.29, 1.82) is 0 Å². The van der Waals surface area contributed by atoms with Crippen molar-refractivity contribution >= 4 is 44.4 Å². The van der Waals surface area contributed by atoms with Crippen molar-refractivity contribution in [3.05, 3.63) is 0 Å². The molecule has 96 valence electrons. The zero-order valence-electron chi connectivity index (χ0n) is 8.71. The predicted octanol–water partition coefficient (Wildman–Crippen LogP) is -0.0190. The first-order valence-electron chi connectivity index (χ1n) is 4.38. The fourth-order valence-corrected chi connectivity index (χ4v) is 3.32.